The molecule has 7 heteroatoms. The first-order valence-electron chi connectivity index (χ1n) is 6.63. The van der Waals surface area contributed by atoms with E-state index in [1.165, 1.54) is 0 Å². The predicted octanol–water partition coefficient (Wildman–Crippen LogP) is 4.51. The van der Waals surface area contributed by atoms with E-state index in [1.807, 2.05) is 0 Å². The Balaban J connectivity index is 1.64. The minimum Gasteiger partial charge on any atom is -0.452 e. The van der Waals surface area contributed by atoms with Crippen molar-refractivity contribution in [1.29, 1.82) is 0 Å². The molecular weight excluding hydrogens is 384 g/mol. The van der Waals surface area contributed by atoms with Crippen LogP contribution < -0.4 is 0 Å². The summed E-state index contributed by atoms with van der Waals surface area (Å²) in [4.78, 5) is 16.1. The van der Waals surface area contributed by atoms with Crippen molar-refractivity contribution in [2.24, 2.45) is 0 Å². The van der Waals surface area contributed by atoms with E-state index in [0.29, 0.717) is 16.4 Å². The van der Waals surface area contributed by atoms with Crippen LogP contribution in [-0.4, -0.2) is 16.1 Å². The number of rotatable bonds is 4. The number of carbonyl (C=O) groups is 1. The standard InChI is InChI=1S/C16H10BrClN2O3/c17-12-5-1-11(2-6-12)16(21)22-9-14-19-15(20-23-14)10-3-7-13(18)8-4-10/h1-8H,9H2. The second-order valence-electron chi connectivity index (χ2n) is 4.60. The molecule has 5 nitrogen and oxygen atoms in total. The summed E-state index contributed by atoms with van der Waals surface area (Å²) in [7, 11) is 0. The molecule has 0 saturated carbocycles. The van der Waals surface area contributed by atoms with E-state index in [1.54, 1.807) is 48.5 Å². The highest BCUT2D eigenvalue weighted by Gasteiger charge is 2.12. The lowest BCUT2D eigenvalue weighted by molar-refractivity contribution is 0.0430. The van der Waals surface area contributed by atoms with Crippen LogP contribution in [0, 0.1) is 0 Å². The highest BCUT2D eigenvalue weighted by atomic mass is 79.9. The fourth-order valence-corrected chi connectivity index (χ4v) is 2.22. The second kappa shape index (κ2) is 6.93. The molecule has 0 amide bonds. The van der Waals surface area contributed by atoms with Crippen molar-refractivity contribution >= 4 is 33.5 Å². The third-order valence-corrected chi connectivity index (χ3v) is 3.76. The van der Waals surface area contributed by atoms with E-state index in [9.17, 15) is 4.79 Å². The van der Waals surface area contributed by atoms with E-state index >= 15 is 0 Å². The fraction of sp³-hybridized carbons (Fsp3) is 0.0625. The van der Waals surface area contributed by atoms with Gasteiger partial charge in [-0.05, 0) is 48.5 Å². The van der Waals surface area contributed by atoms with Gasteiger partial charge in [0.05, 0.1) is 5.56 Å². The zero-order chi connectivity index (χ0) is 16.2. The molecule has 0 atom stereocenters. The first-order valence-corrected chi connectivity index (χ1v) is 7.80. The average Bonchev–Trinajstić information content (AvgIpc) is 3.03. The quantitative estimate of drug-likeness (QED) is 0.610. The molecule has 3 aromatic rings. The van der Waals surface area contributed by atoms with Crippen LogP contribution in [-0.2, 0) is 11.3 Å². The summed E-state index contributed by atoms with van der Waals surface area (Å²) < 4.78 is 11.1. The lowest BCUT2D eigenvalue weighted by atomic mass is 10.2. The molecule has 0 aliphatic carbocycles. The van der Waals surface area contributed by atoms with Crippen LogP contribution in [0.3, 0.4) is 0 Å². The minimum absolute atomic E-state index is 0.0878. The van der Waals surface area contributed by atoms with Crippen LogP contribution >= 0.6 is 27.5 Å². The molecule has 2 aromatic carbocycles. The molecule has 116 valence electrons. The van der Waals surface area contributed by atoms with Gasteiger partial charge in [-0.2, -0.15) is 4.98 Å². The van der Waals surface area contributed by atoms with Crippen molar-refractivity contribution in [3.63, 3.8) is 0 Å². The van der Waals surface area contributed by atoms with Gasteiger partial charge in [-0.15, -0.1) is 0 Å². The number of esters is 1. The van der Waals surface area contributed by atoms with E-state index in [0.717, 1.165) is 10.0 Å². The highest BCUT2D eigenvalue weighted by molar-refractivity contribution is 9.10. The maximum absolute atomic E-state index is 11.9. The Morgan fingerprint density at radius 3 is 2.52 bits per heavy atom. The lowest BCUT2D eigenvalue weighted by Gasteiger charge is -2.01. The van der Waals surface area contributed by atoms with Gasteiger partial charge in [0.15, 0.2) is 6.61 Å². The van der Waals surface area contributed by atoms with Crippen molar-refractivity contribution in [1.82, 2.24) is 10.1 Å². The summed E-state index contributed by atoms with van der Waals surface area (Å²) >= 11 is 9.14. The van der Waals surface area contributed by atoms with Crippen molar-refractivity contribution in [2.45, 2.75) is 6.61 Å². The molecular formula is C16H10BrClN2O3. The number of halogens is 2. The van der Waals surface area contributed by atoms with Gasteiger partial charge in [0.1, 0.15) is 0 Å². The first-order chi connectivity index (χ1) is 11.1. The summed E-state index contributed by atoms with van der Waals surface area (Å²) in [6.45, 7) is -0.0878. The van der Waals surface area contributed by atoms with E-state index < -0.39 is 5.97 Å². The smallest absolute Gasteiger partial charge is 0.338 e. The minimum atomic E-state index is -0.455. The molecule has 0 saturated heterocycles. The molecule has 1 heterocycles. The molecule has 0 spiro atoms. The summed E-state index contributed by atoms with van der Waals surface area (Å²) in [6, 6.07) is 13.9. The SMILES string of the molecule is O=C(OCc1nc(-c2ccc(Cl)cc2)no1)c1ccc(Br)cc1. The molecule has 23 heavy (non-hydrogen) atoms. The van der Waals surface area contributed by atoms with Crippen LogP contribution in [0.15, 0.2) is 57.5 Å². The number of ether oxygens (including phenoxy) is 1. The Morgan fingerprint density at radius 1 is 1.13 bits per heavy atom. The summed E-state index contributed by atoms with van der Waals surface area (Å²) in [5.74, 6) is 0.181. The van der Waals surface area contributed by atoms with Gasteiger partial charge in [-0.1, -0.05) is 32.7 Å². The molecule has 0 unspecified atom stereocenters. The van der Waals surface area contributed by atoms with Gasteiger partial charge in [0, 0.05) is 15.1 Å². The van der Waals surface area contributed by atoms with E-state index in [4.69, 9.17) is 20.9 Å². The molecule has 0 radical (unpaired) electrons. The zero-order valence-corrected chi connectivity index (χ0v) is 14.0. The van der Waals surface area contributed by atoms with Gasteiger partial charge in [-0.25, -0.2) is 4.79 Å². The number of carbonyl (C=O) groups excluding carboxylic acids is 1. The Kier molecular flexibility index (Phi) is 4.73. The van der Waals surface area contributed by atoms with Gasteiger partial charge in [0.25, 0.3) is 5.89 Å². The third kappa shape index (κ3) is 3.97. The van der Waals surface area contributed by atoms with Crippen molar-refractivity contribution in [3.05, 3.63) is 69.5 Å². The van der Waals surface area contributed by atoms with E-state index in [2.05, 4.69) is 26.1 Å². The lowest BCUT2D eigenvalue weighted by Crippen LogP contribution is -2.05. The molecule has 3 rings (SSSR count). The van der Waals surface area contributed by atoms with Crippen molar-refractivity contribution in [2.75, 3.05) is 0 Å². The van der Waals surface area contributed by atoms with Crippen LogP contribution in [0.4, 0.5) is 0 Å². The van der Waals surface area contributed by atoms with Gasteiger partial charge in [-0.3, -0.25) is 0 Å². The normalized spacial score (nSPS) is 10.5. The Labute approximate surface area is 145 Å². The Bertz CT molecular complexity index is 816. The number of benzene rings is 2. The summed E-state index contributed by atoms with van der Waals surface area (Å²) in [5, 5.41) is 4.48. The molecule has 1 aromatic heterocycles. The van der Waals surface area contributed by atoms with Crippen LogP contribution in [0.2, 0.25) is 5.02 Å². The molecule has 0 aliphatic rings. The van der Waals surface area contributed by atoms with E-state index in [-0.39, 0.29) is 12.5 Å². The third-order valence-electron chi connectivity index (χ3n) is 2.98. The van der Waals surface area contributed by atoms with Crippen LogP contribution in [0.5, 0.6) is 0 Å². The first kappa shape index (κ1) is 15.7. The molecule has 0 fully saturated rings. The fourth-order valence-electron chi connectivity index (χ4n) is 1.83. The number of hydrogen-bond donors (Lipinski definition) is 0. The van der Waals surface area contributed by atoms with Gasteiger partial charge >= 0.3 is 5.97 Å². The van der Waals surface area contributed by atoms with Crippen molar-refractivity contribution in [3.8, 4) is 11.4 Å². The summed E-state index contributed by atoms with van der Waals surface area (Å²) in [6.07, 6.45) is 0. The topological polar surface area (TPSA) is 65.2 Å². The molecule has 0 aliphatic heterocycles. The maximum atomic E-state index is 11.9. The largest absolute Gasteiger partial charge is 0.452 e. The average molecular weight is 394 g/mol. The Hall–Kier alpha value is -2.18. The highest BCUT2D eigenvalue weighted by Crippen LogP contribution is 2.19. The number of hydrogen-bond acceptors (Lipinski definition) is 5. The predicted molar refractivity (Wildman–Crippen MR) is 88.0 cm³/mol. The number of nitrogens with zero attached hydrogens (tertiary/aromatic N) is 2. The molecule has 0 N–H and O–H groups in total. The second-order valence-corrected chi connectivity index (χ2v) is 5.95. The monoisotopic (exact) mass is 392 g/mol. The zero-order valence-electron chi connectivity index (χ0n) is 11.7. The van der Waals surface area contributed by atoms with Crippen molar-refractivity contribution < 1.29 is 14.1 Å². The molecule has 0 bridgehead atoms. The van der Waals surface area contributed by atoms with Gasteiger partial charge in [0.2, 0.25) is 5.82 Å². The number of aromatic nitrogens is 2. The van der Waals surface area contributed by atoms with Crippen LogP contribution in [0.1, 0.15) is 16.2 Å². The van der Waals surface area contributed by atoms with Crippen LogP contribution in [0.25, 0.3) is 11.4 Å². The maximum Gasteiger partial charge on any atom is 0.338 e. The van der Waals surface area contributed by atoms with Gasteiger partial charge < -0.3 is 9.26 Å². The summed E-state index contributed by atoms with van der Waals surface area (Å²) in [5.41, 5.74) is 1.22. The Morgan fingerprint density at radius 2 is 1.83 bits per heavy atom.